The standard InChI is InChI=1S/C26H24F2N6O2/c1-26(2,29)24-30-11-14(12-31-24)13-7-8-16-17(9-13)34-18-10-19(22(34)32-16)33(3)23(35)15-5-4-6-20(21(15)18)36-25(27)28/h4-9,11-12,18-19,25H,10,29H2,1-3H3/t18-,19-/m1/s1. The summed E-state index contributed by atoms with van der Waals surface area (Å²) in [6.45, 7) is 0.683. The molecule has 2 N–H and O–H groups in total. The number of alkyl halides is 2. The number of ether oxygens (including phenoxy) is 1. The first-order valence-corrected chi connectivity index (χ1v) is 11.6. The lowest BCUT2D eigenvalue weighted by atomic mass is 9.97. The van der Waals surface area contributed by atoms with Crippen molar-refractivity contribution in [2.45, 2.75) is 44.5 Å². The number of hydrogen-bond acceptors (Lipinski definition) is 6. The number of imidazole rings is 1. The van der Waals surface area contributed by atoms with Crippen LogP contribution in [-0.4, -0.2) is 44.0 Å². The number of halogens is 2. The minimum Gasteiger partial charge on any atom is -0.434 e. The van der Waals surface area contributed by atoms with E-state index in [4.69, 9.17) is 15.5 Å². The molecule has 184 valence electrons. The molecule has 0 spiro atoms. The van der Waals surface area contributed by atoms with Crippen molar-refractivity contribution in [3.63, 3.8) is 0 Å². The monoisotopic (exact) mass is 490 g/mol. The molecule has 4 aromatic rings. The Labute approximate surface area is 205 Å². The van der Waals surface area contributed by atoms with Crippen LogP contribution in [0.1, 0.15) is 59.9 Å². The van der Waals surface area contributed by atoms with Crippen LogP contribution >= 0.6 is 0 Å². The molecule has 4 heterocycles. The van der Waals surface area contributed by atoms with E-state index in [0.29, 0.717) is 23.4 Å². The molecule has 2 aromatic carbocycles. The average Bonchev–Trinajstić information content (AvgIpc) is 3.36. The van der Waals surface area contributed by atoms with Crippen molar-refractivity contribution in [1.82, 2.24) is 24.4 Å². The fourth-order valence-corrected chi connectivity index (χ4v) is 5.27. The highest BCUT2D eigenvalue weighted by atomic mass is 19.3. The highest BCUT2D eigenvalue weighted by Gasteiger charge is 2.45. The molecule has 2 atom stereocenters. The van der Waals surface area contributed by atoms with Gasteiger partial charge in [-0.2, -0.15) is 8.78 Å². The predicted octanol–water partition coefficient (Wildman–Crippen LogP) is 4.41. The van der Waals surface area contributed by atoms with E-state index in [1.807, 2.05) is 36.6 Å². The van der Waals surface area contributed by atoms with Gasteiger partial charge in [0.15, 0.2) is 0 Å². The van der Waals surface area contributed by atoms with Gasteiger partial charge in [-0.1, -0.05) is 12.1 Å². The summed E-state index contributed by atoms with van der Waals surface area (Å²) in [6, 6.07) is 9.88. The molecule has 2 aromatic heterocycles. The van der Waals surface area contributed by atoms with Crippen molar-refractivity contribution in [3.8, 4) is 16.9 Å². The van der Waals surface area contributed by atoms with Crippen LogP contribution in [-0.2, 0) is 5.54 Å². The Kier molecular flexibility index (Phi) is 4.88. The minimum atomic E-state index is -3.00. The van der Waals surface area contributed by atoms with Gasteiger partial charge < -0.3 is 19.9 Å². The summed E-state index contributed by atoms with van der Waals surface area (Å²) in [6.07, 6.45) is 3.99. The van der Waals surface area contributed by atoms with E-state index in [1.54, 1.807) is 36.5 Å². The van der Waals surface area contributed by atoms with Gasteiger partial charge in [0, 0.05) is 42.6 Å². The van der Waals surface area contributed by atoms with Crippen LogP contribution in [0.3, 0.4) is 0 Å². The molecule has 0 saturated carbocycles. The third-order valence-electron chi connectivity index (χ3n) is 6.97. The highest BCUT2D eigenvalue weighted by Crippen LogP contribution is 2.50. The minimum absolute atomic E-state index is 0.00847. The molecule has 2 aliphatic heterocycles. The number of benzene rings is 2. The number of hydrogen-bond donors (Lipinski definition) is 1. The van der Waals surface area contributed by atoms with E-state index in [-0.39, 0.29) is 23.7 Å². The predicted molar refractivity (Wildman–Crippen MR) is 129 cm³/mol. The van der Waals surface area contributed by atoms with Gasteiger partial charge in [0.1, 0.15) is 17.4 Å². The van der Waals surface area contributed by atoms with E-state index in [0.717, 1.165) is 28.0 Å². The van der Waals surface area contributed by atoms with Crippen molar-refractivity contribution >= 4 is 16.9 Å². The van der Waals surface area contributed by atoms with Crippen LogP contribution in [0.2, 0.25) is 0 Å². The third-order valence-corrected chi connectivity index (χ3v) is 6.97. The van der Waals surface area contributed by atoms with Gasteiger partial charge >= 0.3 is 6.61 Å². The van der Waals surface area contributed by atoms with Crippen LogP contribution in [0, 0.1) is 0 Å². The Morgan fingerprint density at radius 3 is 2.56 bits per heavy atom. The number of nitrogens with zero attached hydrogens (tertiary/aromatic N) is 5. The zero-order valence-corrected chi connectivity index (χ0v) is 19.9. The lowest BCUT2D eigenvalue weighted by Crippen LogP contribution is -2.31. The maximum atomic E-state index is 13.3. The molecular formula is C26H24F2N6O2. The molecule has 0 saturated heterocycles. The topological polar surface area (TPSA) is 99.2 Å². The molecule has 0 aliphatic carbocycles. The van der Waals surface area contributed by atoms with Gasteiger partial charge in [0.25, 0.3) is 5.91 Å². The van der Waals surface area contributed by atoms with Crippen molar-refractivity contribution in [2.24, 2.45) is 5.73 Å². The van der Waals surface area contributed by atoms with Crippen LogP contribution in [0.15, 0.2) is 48.8 Å². The van der Waals surface area contributed by atoms with E-state index < -0.39 is 12.2 Å². The molecular weight excluding hydrogens is 466 g/mol. The van der Waals surface area contributed by atoms with Crippen LogP contribution < -0.4 is 10.5 Å². The van der Waals surface area contributed by atoms with Gasteiger partial charge in [-0.15, -0.1) is 0 Å². The van der Waals surface area contributed by atoms with Crippen molar-refractivity contribution in [1.29, 1.82) is 0 Å². The first-order valence-electron chi connectivity index (χ1n) is 11.6. The summed E-state index contributed by atoms with van der Waals surface area (Å²) < 4.78 is 33.5. The maximum Gasteiger partial charge on any atom is 0.387 e. The van der Waals surface area contributed by atoms with Gasteiger partial charge in [-0.25, -0.2) is 15.0 Å². The molecule has 6 rings (SSSR count). The average molecular weight is 491 g/mol. The number of nitrogens with two attached hydrogens (primary N) is 1. The zero-order chi connectivity index (χ0) is 25.4. The molecule has 2 aliphatic rings. The Bertz CT molecular complexity index is 1510. The lowest BCUT2D eigenvalue weighted by molar-refractivity contribution is -0.0507. The quantitative estimate of drug-likeness (QED) is 0.455. The fourth-order valence-electron chi connectivity index (χ4n) is 5.27. The SMILES string of the molecule is CN1C(=O)c2cccc(OC(F)F)c2[C@H]2C[C@@H]1c1nc3ccc(-c4cnc(C(C)(C)N)nc4)cc3n12. The van der Waals surface area contributed by atoms with Gasteiger partial charge in [-0.05, 0) is 43.7 Å². The molecule has 0 fully saturated rings. The van der Waals surface area contributed by atoms with E-state index in [2.05, 4.69) is 9.97 Å². The van der Waals surface area contributed by atoms with Crippen molar-refractivity contribution in [3.05, 3.63) is 71.6 Å². The second-order valence-electron chi connectivity index (χ2n) is 9.84. The van der Waals surface area contributed by atoms with Crippen LogP contribution in [0.4, 0.5) is 8.78 Å². The largest absolute Gasteiger partial charge is 0.434 e. The molecule has 0 unspecified atom stereocenters. The Hall–Kier alpha value is -3.92. The first-order chi connectivity index (χ1) is 17.1. The van der Waals surface area contributed by atoms with E-state index in [9.17, 15) is 13.6 Å². The van der Waals surface area contributed by atoms with Gasteiger partial charge in [-0.3, -0.25) is 4.79 Å². The molecule has 0 radical (unpaired) electrons. The Balaban J connectivity index is 1.52. The number of carbonyl (C=O) groups excluding carboxylic acids is 1. The summed E-state index contributed by atoms with van der Waals surface area (Å²) >= 11 is 0. The smallest absolute Gasteiger partial charge is 0.387 e. The summed E-state index contributed by atoms with van der Waals surface area (Å²) in [7, 11) is 1.72. The Morgan fingerprint density at radius 1 is 1.11 bits per heavy atom. The molecule has 36 heavy (non-hydrogen) atoms. The van der Waals surface area contributed by atoms with E-state index >= 15 is 0 Å². The van der Waals surface area contributed by atoms with Crippen LogP contribution in [0.25, 0.3) is 22.2 Å². The number of amides is 1. The Morgan fingerprint density at radius 2 is 1.86 bits per heavy atom. The third kappa shape index (κ3) is 3.35. The maximum absolute atomic E-state index is 13.3. The molecule has 10 heteroatoms. The normalized spacial score (nSPS) is 19.0. The number of carbonyl (C=O) groups is 1. The molecule has 8 nitrogen and oxygen atoms in total. The van der Waals surface area contributed by atoms with Crippen molar-refractivity contribution in [2.75, 3.05) is 7.05 Å². The van der Waals surface area contributed by atoms with Gasteiger partial charge in [0.2, 0.25) is 0 Å². The molecule has 1 amide bonds. The van der Waals surface area contributed by atoms with Gasteiger partial charge in [0.05, 0.1) is 28.7 Å². The first kappa shape index (κ1) is 22.5. The summed E-state index contributed by atoms with van der Waals surface area (Å²) in [5.41, 5.74) is 9.55. The molecule has 2 bridgehead atoms. The number of fused-ring (bicyclic) bond motifs is 9. The number of rotatable bonds is 4. The fraction of sp³-hybridized carbons (Fsp3) is 0.308. The lowest BCUT2D eigenvalue weighted by Gasteiger charge is -2.24. The van der Waals surface area contributed by atoms with Crippen molar-refractivity contribution < 1.29 is 18.3 Å². The summed E-state index contributed by atoms with van der Waals surface area (Å²) in [5.74, 6) is 1.03. The second-order valence-corrected chi connectivity index (χ2v) is 9.84. The second kappa shape index (κ2) is 7.79. The zero-order valence-electron chi connectivity index (χ0n) is 19.9. The van der Waals surface area contributed by atoms with Crippen LogP contribution in [0.5, 0.6) is 5.75 Å². The summed E-state index contributed by atoms with van der Waals surface area (Å²) in [4.78, 5) is 28.6. The highest BCUT2D eigenvalue weighted by molar-refractivity contribution is 5.98. The number of aromatic nitrogens is 4. The summed E-state index contributed by atoms with van der Waals surface area (Å²) in [5, 5.41) is 0. The van der Waals surface area contributed by atoms with E-state index in [1.165, 1.54) is 6.07 Å².